The van der Waals surface area contributed by atoms with Gasteiger partial charge in [0.2, 0.25) is 0 Å². The Labute approximate surface area is 118 Å². The Morgan fingerprint density at radius 3 is 2.10 bits per heavy atom. The van der Waals surface area contributed by atoms with Crippen molar-refractivity contribution >= 4 is 28.7 Å². The molecule has 2 aromatic rings. The van der Waals surface area contributed by atoms with Gasteiger partial charge in [0.1, 0.15) is 0 Å². The average molecular weight is 284 g/mol. The fourth-order valence-electron chi connectivity index (χ4n) is 2.72. The van der Waals surface area contributed by atoms with Gasteiger partial charge in [-0.3, -0.25) is 0 Å². The molecule has 2 aliphatic heterocycles. The van der Waals surface area contributed by atoms with Crippen molar-refractivity contribution in [2.24, 2.45) is 0 Å². The van der Waals surface area contributed by atoms with Crippen molar-refractivity contribution in [2.75, 3.05) is 6.79 Å². The molecule has 0 amide bonds. The van der Waals surface area contributed by atoms with Gasteiger partial charge in [0, 0.05) is 10.8 Å². The Morgan fingerprint density at radius 2 is 1.38 bits per heavy atom. The molecule has 21 heavy (non-hydrogen) atoms. The summed E-state index contributed by atoms with van der Waals surface area (Å²) in [4.78, 5) is 35.7. The van der Waals surface area contributed by atoms with Crippen LogP contribution in [0.15, 0.2) is 24.3 Å². The van der Waals surface area contributed by atoms with Crippen LogP contribution in [-0.4, -0.2) is 24.7 Å². The van der Waals surface area contributed by atoms with Gasteiger partial charge in [-0.15, -0.1) is 0 Å². The van der Waals surface area contributed by atoms with E-state index in [1.165, 1.54) is 12.1 Å². The molecule has 0 N–H and O–H groups in total. The van der Waals surface area contributed by atoms with Gasteiger partial charge in [-0.2, -0.15) is 0 Å². The summed E-state index contributed by atoms with van der Waals surface area (Å²) in [6, 6.07) is 6.26. The second-order valence-electron chi connectivity index (χ2n) is 4.76. The van der Waals surface area contributed by atoms with E-state index in [2.05, 4.69) is 0 Å². The fourth-order valence-corrected chi connectivity index (χ4v) is 2.72. The number of carbonyl (C=O) groups excluding carboxylic acids is 3. The van der Waals surface area contributed by atoms with Crippen molar-refractivity contribution in [2.45, 2.75) is 6.61 Å². The SMILES string of the molecule is O=C1OCOCc2ccc3c4c(ccc1c24)C(=O)OC3=O. The lowest BCUT2D eigenvalue weighted by molar-refractivity contribution is -0.0391. The minimum Gasteiger partial charge on any atom is -0.435 e. The summed E-state index contributed by atoms with van der Waals surface area (Å²) in [5.41, 5.74) is 1.57. The zero-order valence-corrected chi connectivity index (χ0v) is 10.7. The zero-order valence-electron chi connectivity index (χ0n) is 10.7. The molecule has 2 aliphatic rings. The number of hydrogen-bond acceptors (Lipinski definition) is 6. The van der Waals surface area contributed by atoms with Crippen LogP contribution < -0.4 is 0 Å². The first kappa shape index (κ1) is 12.0. The predicted octanol–water partition coefficient (Wildman–Crippen LogP) is 1.79. The second-order valence-corrected chi connectivity index (χ2v) is 4.76. The summed E-state index contributed by atoms with van der Waals surface area (Å²) in [5.74, 6) is -1.98. The molecule has 0 spiro atoms. The van der Waals surface area contributed by atoms with E-state index in [-0.39, 0.29) is 24.5 Å². The Morgan fingerprint density at radius 1 is 0.762 bits per heavy atom. The van der Waals surface area contributed by atoms with Crippen LogP contribution in [0.3, 0.4) is 0 Å². The molecule has 2 aromatic carbocycles. The minimum absolute atomic E-state index is 0.135. The maximum atomic E-state index is 12.0. The van der Waals surface area contributed by atoms with Crippen molar-refractivity contribution in [1.82, 2.24) is 0 Å². The number of rotatable bonds is 0. The smallest absolute Gasteiger partial charge is 0.346 e. The molecule has 0 unspecified atom stereocenters. The number of benzene rings is 2. The van der Waals surface area contributed by atoms with E-state index in [1.807, 2.05) is 0 Å². The topological polar surface area (TPSA) is 78.9 Å². The maximum Gasteiger partial charge on any atom is 0.346 e. The van der Waals surface area contributed by atoms with Crippen LogP contribution in [0.5, 0.6) is 0 Å². The molecule has 4 rings (SSSR count). The summed E-state index contributed by atoms with van der Waals surface area (Å²) in [5, 5.41) is 0.938. The quantitative estimate of drug-likeness (QED) is 0.542. The van der Waals surface area contributed by atoms with Crippen LogP contribution in [0.1, 0.15) is 36.6 Å². The van der Waals surface area contributed by atoms with E-state index in [4.69, 9.17) is 14.2 Å². The third kappa shape index (κ3) is 1.59. The van der Waals surface area contributed by atoms with Gasteiger partial charge >= 0.3 is 17.9 Å². The molecule has 6 heteroatoms. The Hall–Kier alpha value is -2.73. The van der Waals surface area contributed by atoms with E-state index in [0.717, 1.165) is 5.56 Å². The van der Waals surface area contributed by atoms with Gasteiger partial charge in [-0.25, -0.2) is 14.4 Å². The van der Waals surface area contributed by atoms with Crippen molar-refractivity contribution in [1.29, 1.82) is 0 Å². The van der Waals surface area contributed by atoms with Crippen molar-refractivity contribution in [3.05, 3.63) is 46.5 Å². The minimum atomic E-state index is -0.715. The number of cyclic esters (lactones) is 3. The average Bonchev–Trinajstić information content (AvgIpc) is 2.47. The highest BCUT2D eigenvalue weighted by Crippen LogP contribution is 2.34. The number of carbonyl (C=O) groups is 3. The first-order valence-electron chi connectivity index (χ1n) is 6.27. The largest absolute Gasteiger partial charge is 0.435 e. The molecule has 0 atom stereocenters. The zero-order chi connectivity index (χ0) is 14.6. The van der Waals surface area contributed by atoms with Crippen LogP contribution in [0.2, 0.25) is 0 Å². The third-order valence-corrected chi connectivity index (χ3v) is 3.62. The van der Waals surface area contributed by atoms with Crippen LogP contribution in [-0.2, 0) is 20.8 Å². The third-order valence-electron chi connectivity index (χ3n) is 3.62. The lowest BCUT2D eigenvalue weighted by Crippen LogP contribution is -2.22. The van der Waals surface area contributed by atoms with Crippen molar-refractivity contribution in [3.8, 4) is 0 Å². The molecular weight excluding hydrogens is 276 g/mol. The van der Waals surface area contributed by atoms with Crippen LogP contribution in [0.25, 0.3) is 10.8 Å². The van der Waals surface area contributed by atoms with Crippen molar-refractivity contribution in [3.63, 3.8) is 0 Å². The summed E-state index contributed by atoms with van der Waals surface area (Å²) in [6.45, 7) is 0.0913. The van der Waals surface area contributed by atoms with Crippen LogP contribution >= 0.6 is 0 Å². The van der Waals surface area contributed by atoms with E-state index >= 15 is 0 Å². The van der Waals surface area contributed by atoms with Crippen molar-refractivity contribution < 1.29 is 28.6 Å². The normalized spacial score (nSPS) is 17.0. The molecule has 0 saturated heterocycles. The highest BCUT2D eigenvalue weighted by Gasteiger charge is 2.31. The molecule has 0 saturated carbocycles. The van der Waals surface area contributed by atoms with Gasteiger partial charge < -0.3 is 14.2 Å². The van der Waals surface area contributed by atoms with Gasteiger partial charge in [0.25, 0.3) is 0 Å². The maximum absolute atomic E-state index is 12.0. The van der Waals surface area contributed by atoms with Gasteiger partial charge in [-0.05, 0) is 23.8 Å². The summed E-state index contributed by atoms with van der Waals surface area (Å²) in [6.07, 6.45) is 0. The summed E-state index contributed by atoms with van der Waals surface area (Å²) in [7, 11) is 0. The monoisotopic (exact) mass is 284 g/mol. The predicted molar refractivity (Wildman–Crippen MR) is 68.8 cm³/mol. The second kappa shape index (κ2) is 4.13. The van der Waals surface area contributed by atoms with E-state index in [9.17, 15) is 14.4 Å². The van der Waals surface area contributed by atoms with Gasteiger partial charge in [0.15, 0.2) is 6.79 Å². The molecule has 0 radical (unpaired) electrons. The van der Waals surface area contributed by atoms with Gasteiger partial charge in [-0.1, -0.05) is 6.07 Å². The lowest BCUT2D eigenvalue weighted by atomic mass is 9.90. The molecule has 2 heterocycles. The molecule has 104 valence electrons. The first-order chi connectivity index (χ1) is 10.2. The Balaban J connectivity index is 2.19. The highest BCUT2D eigenvalue weighted by molar-refractivity contribution is 6.23. The molecule has 0 aromatic heterocycles. The Bertz CT molecular complexity index is 815. The fraction of sp³-hybridized carbons (Fsp3) is 0.133. The summed E-state index contributed by atoms with van der Waals surface area (Å²) >= 11 is 0. The van der Waals surface area contributed by atoms with Gasteiger partial charge in [0.05, 0.1) is 23.3 Å². The Kier molecular flexibility index (Phi) is 2.37. The van der Waals surface area contributed by atoms with E-state index < -0.39 is 17.9 Å². The summed E-state index contributed by atoms with van der Waals surface area (Å²) < 4.78 is 14.9. The van der Waals surface area contributed by atoms with E-state index in [0.29, 0.717) is 16.3 Å². The standard InChI is InChI=1S/C15H8O6/c16-13-8-3-4-10-12-9(14(17)21-15(10)18)2-1-7(11(8)12)5-19-6-20-13/h1-4H,5-6H2. The molecular formula is C15H8O6. The molecule has 0 fully saturated rings. The molecule has 6 nitrogen and oxygen atoms in total. The van der Waals surface area contributed by atoms with Crippen LogP contribution in [0.4, 0.5) is 0 Å². The number of ether oxygens (including phenoxy) is 3. The molecule has 0 aliphatic carbocycles. The highest BCUT2D eigenvalue weighted by atomic mass is 16.7. The number of hydrogen-bond donors (Lipinski definition) is 0. The first-order valence-corrected chi connectivity index (χ1v) is 6.27. The van der Waals surface area contributed by atoms with E-state index in [1.54, 1.807) is 12.1 Å². The lowest BCUT2D eigenvalue weighted by Gasteiger charge is -2.21. The number of esters is 3. The molecule has 0 bridgehead atoms. The van der Waals surface area contributed by atoms with Crippen LogP contribution in [0, 0.1) is 0 Å².